The molecule has 4 N–H and O–H groups in total. The fourth-order valence-electron chi connectivity index (χ4n) is 1.81. The minimum absolute atomic E-state index is 0.0555. The number of halogens is 1. The predicted molar refractivity (Wildman–Crippen MR) is 79.5 cm³/mol. The van der Waals surface area contributed by atoms with Crippen LogP contribution in [0.25, 0.3) is 0 Å². The largest absolute Gasteiger partial charge is 0.396 e. The second-order valence-corrected chi connectivity index (χ2v) is 4.42. The highest BCUT2D eigenvalue weighted by atomic mass is 19.1. The van der Waals surface area contributed by atoms with E-state index in [0.29, 0.717) is 11.4 Å². The molecule has 0 aliphatic rings. The van der Waals surface area contributed by atoms with Gasteiger partial charge < -0.3 is 16.4 Å². The van der Waals surface area contributed by atoms with Crippen LogP contribution in [-0.2, 0) is 4.79 Å². The lowest BCUT2D eigenvalue weighted by atomic mass is 10.1. The molecule has 2 aromatic carbocycles. The minimum atomic E-state index is -0.644. The Labute approximate surface area is 121 Å². The molecule has 0 unspecified atom stereocenters. The molecule has 0 fully saturated rings. The molecule has 0 saturated heterocycles. The molecule has 108 valence electrons. The van der Waals surface area contributed by atoms with Crippen LogP contribution >= 0.6 is 0 Å². The first-order chi connectivity index (χ1) is 9.97. The molecular formula is C15H14FN3O2. The third-order valence-electron chi connectivity index (χ3n) is 2.74. The zero-order valence-electron chi connectivity index (χ0n) is 11.3. The Kier molecular flexibility index (Phi) is 4.18. The molecule has 0 atom stereocenters. The van der Waals surface area contributed by atoms with Gasteiger partial charge in [-0.15, -0.1) is 0 Å². The number of para-hydroxylation sites is 1. The number of rotatable bonds is 3. The molecule has 2 amide bonds. The lowest BCUT2D eigenvalue weighted by Gasteiger charge is -2.09. The van der Waals surface area contributed by atoms with Crippen molar-refractivity contribution in [2.45, 2.75) is 6.92 Å². The molecule has 2 aromatic rings. The maximum absolute atomic E-state index is 13.3. The van der Waals surface area contributed by atoms with Gasteiger partial charge in [0.05, 0.1) is 11.3 Å². The van der Waals surface area contributed by atoms with Crippen LogP contribution in [0.15, 0.2) is 42.5 Å². The second-order valence-electron chi connectivity index (χ2n) is 4.42. The van der Waals surface area contributed by atoms with Crippen LogP contribution in [0.2, 0.25) is 0 Å². The van der Waals surface area contributed by atoms with E-state index in [1.807, 2.05) is 0 Å². The molecular weight excluding hydrogens is 273 g/mol. The fourth-order valence-corrected chi connectivity index (χ4v) is 1.81. The number of benzene rings is 2. The Hall–Kier alpha value is -2.89. The molecule has 0 aromatic heterocycles. The fraction of sp³-hybridized carbons (Fsp3) is 0.0667. The molecule has 0 aliphatic carbocycles. The third kappa shape index (κ3) is 3.56. The lowest BCUT2D eigenvalue weighted by Crippen LogP contribution is -2.15. The number of hydrogen-bond acceptors (Lipinski definition) is 3. The molecule has 0 spiro atoms. The summed E-state index contributed by atoms with van der Waals surface area (Å²) in [5, 5.41) is 5.21. The first-order valence-corrected chi connectivity index (χ1v) is 6.20. The maximum Gasteiger partial charge on any atom is 0.257 e. The van der Waals surface area contributed by atoms with Crippen LogP contribution < -0.4 is 16.4 Å². The van der Waals surface area contributed by atoms with Gasteiger partial charge in [0.15, 0.2) is 0 Å². The normalized spacial score (nSPS) is 10.0. The molecule has 6 heteroatoms. The van der Waals surface area contributed by atoms with Gasteiger partial charge in [0.1, 0.15) is 5.82 Å². The monoisotopic (exact) mass is 287 g/mol. The summed E-state index contributed by atoms with van der Waals surface area (Å²) in [5.41, 5.74) is 6.41. The molecule has 0 aliphatic heterocycles. The highest BCUT2D eigenvalue weighted by molar-refractivity contribution is 6.08. The van der Waals surface area contributed by atoms with Gasteiger partial charge in [-0.1, -0.05) is 12.1 Å². The van der Waals surface area contributed by atoms with Crippen LogP contribution in [0.4, 0.5) is 21.5 Å². The van der Waals surface area contributed by atoms with E-state index in [1.165, 1.54) is 25.1 Å². The number of amides is 2. The summed E-state index contributed by atoms with van der Waals surface area (Å²) in [6.07, 6.45) is 0. The van der Waals surface area contributed by atoms with Gasteiger partial charge in [-0.2, -0.15) is 0 Å². The predicted octanol–water partition coefficient (Wildman–Crippen LogP) is 2.62. The molecule has 21 heavy (non-hydrogen) atoms. The van der Waals surface area contributed by atoms with E-state index in [9.17, 15) is 14.0 Å². The number of nitrogens with one attached hydrogen (secondary N) is 2. The van der Waals surface area contributed by atoms with E-state index in [0.717, 1.165) is 0 Å². The van der Waals surface area contributed by atoms with Crippen LogP contribution in [0, 0.1) is 5.82 Å². The van der Waals surface area contributed by atoms with Crippen molar-refractivity contribution < 1.29 is 14.0 Å². The van der Waals surface area contributed by atoms with E-state index in [-0.39, 0.29) is 17.2 Å². The van der Waals surface area contributed by atoms with E-state index >= 15 is 0 Å². The number of carbonyl (C=O) groups excluding carboxylic acids is 2. The van der Waals surface area contributed by atoms with Crippen molar-refractivity contribution in [1.82, 2.24) is 0 Å². The Bertz CT molecular complexity index is 701. The van der Waals surface area contributed by atoms with Crippen LogP contribution in [0.5, 0.6) is 0 Å². The van der Waals surface area contributed by atoms with Crippen molar-refractivity contribution in [3.63, 3.8) is 0 Å². The summed E-state index contributed by atoms with van der Waals surface area (Å²) in [6, 6.07) is 10.6. The Morgan fingerprint density at radius 1 is 1.05 bits per heavy atom. The van der Waals surface area contributed by atoms with Gasteiger partial charge in [0, 0.05) is 18.3 Å². The van der Waals surface area contributed by atoms with E-state index < -0.39 is 11.7 Å². The molecule has 0 saturated carbocycles. The standard InChI is InChI=1S/C15H14FN3O2/c1-9(20)18-10-4-2-5-11(8-10)19-15(21)12-6-3-7-13(16)14(12)17/h2-8H,17H2,1H3,(H,18,20)(H,19,21). The molecule has 0 heterocycles. The van der Waals surface area contributed by atoms with Gasteiger partial charge in [-0.25, -0.2) is 4.39 Å². The zero-order chi connectivity index (χ0) is 15.4. The second kappa shape index (κ2) is 6.04. The van der Waals surface area contributed by atoms with Crippen molar-refractivity contribution in [1.29, 1.82) is 0 Å². The van der Waals surface area contributed by atoms with Crippen LogP contribution in [-0.4, -0.2) is 11.8 Å². The van der Waals surface area contributed by atoms with Crippen molar-refractivity contribution >= 4 is 28.9 Å². The van der Waals surface area contributed by atoms with Crippen LogP contribution in [0.1, 0.15) is 17.3 Å². The third-order valence-corrected chi connectivity index (χ3v) is 2.74. The quantitative estimate of drug-likeness (QED) is 0.759. The van der Waals surface area contributed by atoms with Crippen molar-refractivity contribution in [2.75, 3.05) is 16.4 Å². The van der Waals surface area contributed by atoms with Gasteiger partial charge in [-0.3, -0.25) is 9.59 Å². The number of nitrogen functional groups attached to an aromatic ring is 1. The van der Waals surface area contributed by atoms with Crippen molar-refractivity contribution in [3.8, 4) is 0 Å². The molecule has 2 rings (SSSR count). The highest BCUT2D eigenvalue weighted by Gasteiger charge is 2.12. The molecule has 0 bridgehead atoms. The smallest absolute Gasteiger partial charge is 0.257 e. The first-order valence-electron chi connectivity index (χ1n) is 6.20. The molecule has 0 radical (unpaired) electrons. The zero-order valence-corrected chi connectivity index (χ0v) is 11.3. The SMILES string of the molecule is CC(=O)Nc1cccc(NC(=O)c2cccc(F)c2N)c1. The van der Waals surface area contributed by atoms with E-state index in [4.69, 9.17) is 5.73 Å². The molecule has 5 nitrogen and oxygen atoms in total. The first kappa shape index (κ1) is 14.5. The Balaban J connectivity index is 2.20. The summed E-state index contributed by atoms with van der Waals surface area (Å²) in [5.74, 6) is -1.38. The van der Waals surface area contributed by atoms with Gasteiger partial charge in [0.25, 0.3) is 5.91 Å². The maximum atomic E-state index is 13.3. The summed E-state index contributed by atoms with van der Waals surface area (Å²) in [4.78, 5) is 23.1. The van der Waals surface area contributed by atoms with Crippen LogP contribution in [0.3, 0.4) is 0 Å². The van der Waals surface area contributed by atoms with Crippen molar-refractivity contribution in [2.24, 2.45) is 0 Å². The summed E-state index contributed by atoms with van der Waals surface area (Å²) < 4.78 is 13.3. The van der Waals surface area contributed by atoms with E-state index in [1.54, 1.807) is 24.3 Å². The number of carbonyl (C=O) groups is 2. The van der Waals surface area contributed by atoms with E-state index in [2.05, 4.69) is 10.6 Å². The topological polar surface area (TPSA) is 84.2 Å². The summed E-state index contributed by atoms with van der Waals surface area (Å²) in [6.45, 7) is 1.39. The summed E-state index contributed by atoms with van der Waals surface area (Å²) in [7, 11) is 0. The number of hydrogen-bond donors (Lipinski definition) is 3. The lowest BCUT2D eigenvalue weighted by molar-refractivity contribution is -0.114. The van der Waals surface area contributed by atoms with Gasteiger partial charge >= 0.3 is 0 Å². The summed E-state index contributed by atoms with van der Waals surface area (Å²) >= 11 is 0. The van der Waals surface area contributed by atoms with Crippen molar-refractivity contribution in [3.05, 3.63) is 53.8 Å². The highest BCUT2D eigenvalue weighted by Crippen LogP contribution is 2.19. The van der Waals surface area contributed by atoms with Gasteiger partial charge in [0.2, 0.25) is 5.91 Å². The Morgan fingerprint density at radius 3 is 2.33 bits per heavy atom. The Morgan fingerprint density at radius 2 is 1.67 bits per heavy atom. The number of nitrogens with two attached hydrogens (primary N) is 1. The minimum Gasteiger partial charge on any atom is -0.396 e. The average Bonchev–Trinajstić information content (AvgIpc) is 2.41. The van der Waals surface area contributed by atoms with Gasteiger partial charge in [-0.05, 0) is 30.3 Å². The average molecular weight is 287 g/mol. The number of anilines is 3.